The molecule has 2 aliphatic rings. The number of alkyl halides is 2. The summed E-state index contributed by atoms with van der Waals surface area (Å²) in [4.78, 5) is 18.3. The molecule has 9 nitrogen and oxygen atoms in total. The molecule has 3 aromatic rings. The quantitative estimate of drug-likeness (QED) is 0.351. The summed E-state index contributed by atoms with van der Waals surface area (Å²) in [5, 5.41) is 7.26. The van der Waals surface area contributed by atoms with Crippen molar-refractivity contribution in [3.63, 3.8) is 0 Å². The molecular formula is C25H27F2N5O4S. The van der Waals surface area contributed by atoms with Gasteiger partial charge in [0.15, 0.2) is 0 Å². The first-order valence-corrected chi connectivity index (χ1v) is 13.4. The zero-order valence-electron chi connectivity index (χ0n) is 20.1. The second-order valence-corrected chi connectivity index (χ2v) is 10.6. The minimum atomic E-state index is -3.67. The van der Waals surface area contributed by atoms with E-state index in [-0.39, 0.29) is 19.0 Å². The van der Waals surface area contributed by atoms with Crippen LogP contribution in [0, 0.1) is 0 Å². The molecule has 2 fully saturated rings. The molecule has 37 heavy (non-hydrogen) atoms. The smallest absolute Gasteiger partial charge is 0.272 e. The number of halogens is 2. The number of anilines is 1. The Labute approximate surface area is 213 Å². The van der Waals surface area contributed by atoms with E-state index in [1.54, 1.807) is 35.5 Å². The average Bonchev–Trinajstić information content (AvgIpc) is 3.54. The van der Waals surface area contributed by atoms with Gasteiger partial charge in [-0.2, -0.15) is 13.5 Å². The molecule has 1 aliphatic heterocycles. The number of carbonyl (C=O) groups is 1. The number of hydrogen-bond donors (Lipinski definition) is 2. The van der Waals surface area contributed by atoms with E-state index < -0.39 is 16.0 Å². The number of hydrogen-bond acceptors (Lipinski definition) is 6. The Morgan fingerprint density at radius 1 is 1.19 bits per heavy atom. The summed E-state index contributed by atoms with van der Waals surface area (Å²) in [6, 6.07) is 9.66. The van der Waals surface area contributed by atoms with Crippen molar-refractivity contribution in [1.29, 1.82) is 0 Å². The molecule has 12 heteroatoms. The number of rotatable bonds is 7. The van der Waals surface area contributed by atoms with Crippen molar-refractivity contribution in [2.45, 2.75) is 31.4 Å². The normalized spacial score (nSPS) is 17.1. The van der Waals surface area contributed by atoms with Crippen LogP contribution < -0.4 is 5.32 Å². The van der Waals surface area contributed by atoms with Gasteiger partial charge in [-0.3, -0.25) is 23.9 Å². The van der Waals surface area contributed by atoms with Crippen molar-refractivity contribution in [2.75, 3.05) is 24.7 Å². The number of benzene rings is 1. The average molecular weight is 532 g/mol. The number of nitrogens with zero attached hydrogens (tertiary/aromatic N) is 4. The summed E-state index contributed by atoms with van der Waals surface area (Å²) in [7, 11) is -3.67. The SMILES string of the molecule is CS(=O)(=O)O.O=C(/C=C/c1cnccc1-c1cnn(C2CC2)c1)Nc1ccc(CN2CC(F)(F)C2)cc1. The van der Waals surface area contributed by atoms with E-state index in [0.29, 0.717) is 24.5 Å². The maximum absolute atomic E-state index is 12.9. The molecule has 3 heterocycles. The third-order valence-corrected chi connectivity index (χ3v) is 5.64. The number of amides is 1. The van der Waals surface area contributed by atoms with E-state index in [2.05, 4.69) is 15.4 Å². The van der Waals surface area contributed by atoms with Crippen molar-refractivity contribution in [1.82, 2.24) is 19.7 Å². The van der Waals surface area contributed by atoms with Gasteiger partial charge >= 0.3 is 0 Å². The molecule has 0 radical (unpaired) electrons. The van der Waals surface area contributed by atoms with Crippen LogP contribution in [0.25, 0.3) is 17.2 Å². The number of carbonyl (C=O) groups excluding carboxylic acids is 1. The zero-order valence-corrected chi connectivity index (χ0v) is 20.9. The first kappa shape index (κ1) is 26.6. The van der Waals surface area contributed by atoms with E-state index in [0.717, 1.165) is 22.3 Å². The summed E-state index contributed by atoms with van der Waals surface area (Å²) in [5.41, 5.74) is 4.38. The van der Waals surface area contributed by atoms with Crippen LogP contribution >= 0.6 is 0 Å². The molecule has 2 N–H and O–H groups in total. The lowest BCUT2D eigenvalue weighted by Gasteiger charge is -2.38. The predicted octanol–water partition coefficient (Wildman–Crippen LogP) is 3.89. The number of likely N-dealkylation sites (tertiary alicyclic amines) is 1. The molecule has 1 aliphatic carbocycles. The van der Waals surface area contributed by atoms with Crippen molar-refractivity contribution in [2.24, 2.45) is 0 Å². The number of nitrogens with one attached hydrogen (secondary N) is 1. The summed E-state index contributed by atoms with van der Waals surface area (Å²) >= 11 is 0. The van der Waals surface area contributed by atoms with Crippen LogP contribution in [0.4, 0.5) is 14.5 Å². The van der Waals surface area contributed by atoms with Gasteiger partial charge in [0.25, 0.3) is 16.0 Å². The fourth-order valence-corrected chi connectivity index (χ4v) is 3.84. The number of pyridine rings is 1. The second kappa shape index (κ2) is 10.9. The Kier molecular flexibility index (Phi) is 7.81. The van der Waals surface area contributed by atoms with Crippen LogP contribution in [-0.4, -0.2) is 63.8 Å². The van der Waals surface area contributed by atoms with Gasteiger partial charge in [0, 0.05) is 48.0 Å². The van der Waals surface area contributed by atoms with Gasteiger partial charge in [-0.15, -0.1) is 0 Å². The molecule has 0 bridgehead atoms. The van der Waals surface area contributed by atoms with Gasteiger partial charge in [-0.05, 0) is 48.2 Å². The molecule has 5 rings (SSSR count). The minimum Gasteiger partial charge on any atom is -0.323 e. The highest BCUT2D eigenvalue weighted by Crippen LogP contribution is 2.35. The van der Waals surface area contributed by atoms with Gasteiger partial charge in [0.2, 0.25) is 5.91 Å². The van der Waals surface area contributed by atoms with Crippen LogP contribution in [0.5, 0.6) is 0 Å². The first-order valence-electron chi connectivity index (χ1n) is 11.5. The largest absolute Gasteiger partial charge is 0.323 e. The fraction of sp³-hybridized carbons (Fsp3) is 0.320. The molecule has 0 spiro atoms. The fourth-order valence-electron chi connectivity index (χ4n) is 3.84. The Bertz CT molecular complexity index is 1370. The van der Waals surface area contributed by atoms with Gasteiger partial charge < -0.3 is 5.32 Å². The Morgan fingerprint density at radius 3 is 2.49 bits per heavy atom. The summed E-state index contributed by atoms with van der Waals surface area (Å²) in [5.74, 6) is -2.82. The summed E-state index contributed by atoms with van der Waals surface area (Å²) in [6.07, 6.45) is 13.6. The molecule has 1 saturated heterocycles. The number of aromatic nitrogens is 3. The topological polar surface area (TPSA) is 117 Å². The molecule has 0 atom stereocenters. The van der Waals surface area contributed by atoms with Crippen molar-refractivity contribution >= 4 is 27.8 Å². The van der Waals surface area contributed by atoms with E-state index in [1.807, 2.05) is 35.3 Å². The Balaban J connectivity index is 0.000000586. The molecule has 1 saturated carbocycles. The standard InChI is InChI=1S/C24H23F2N5O.CH4O3S/c25-24(26)15-30(16-24)13-17-1-4-20(5-2-17)29-23(32)8-3-18-11-27-10-9-22(18)19-12-28-31(14-19)21-6-7-21;1-5(2,3)4/h1-5,8-12,14,21H,6-7,13,15-16H2,(H,29,32);1H3,(H,2,3,4)/b8-3+;. The highest BCUT2D eigenvalue weighted by Gasteiger charge is 2.43. The van der Waals surface area contributed by atoms with E-state index in [4.69, 9.17) is 4.55 Å². The molecule has 1 amide bonds. The maximum atomic E-state index is 12.9. The van der Waals surface area contributed by atoms with Crippen LogP contribution in [0.1, 0.15) is 30.0 Å². The molecule has 0 unspecified atom stereocenters. The Morgan fingerprint density at radius 2 is 1.86 bits per heavy atom. The second-order valence-electron chi connectivity index (χ2n) is 9.16. The van der Waals surface area contributed by atoms with Gasteiger partial charge in [-0.1, -0.05) is 12.1 Å². The maximum Gasteiger partial charge on any atom is 0.272 e. The lowest BCUT2D eigenvalue weighted by Crippen LogP contribution is -2.55. The van der Waals surface area contributed by atoms with Crippen molar-refractivity contribution in [3.05, 3.63) is 72.3 Å². The van der Waals surface area contributed by atoms with E-state index in [9.17, 15) is 22.0 Å². The lowest BCUT2D eigenvalue weighted by atomic mass is 10.0. The van der Waals surface area contributed by atoms with Crippen LogP contribution in [0.3, 0.4) is 0 Å². The minimum absolute atomic E-state index is 0.200. The van der Waals surface area contributed by atoms with Crippen molar-refractivity contribution in [3.8, 4) is 11.1 Å². The summed E-state index contributed by atoms with van der Waals surface area (Å²) in [6.45, 7) is 0.0762. The van der Waals surface area contributed by atoms with Crippen LogP contribution in [-0.2, 0) is 21.5 Å². The third kappa shape index (κ3) is 8.27. The highest BCUT2D eigenvalue weighted by molar-refractivity contribution is 7.85. The Hall–Kier alpha value is -3.48. The van der Waals surface area contributed by atoms with Crippen molar-refractivity contribution < 1.29 is 26.5 Å². The lowest BCUT2D eigenvalue weighted by molar-refractivity contribution is -0.133. The van der Waals surface area contributed by atoms with Gasteiger partial charge in [-0.25, -0.2) is 8.78 Å². The molecule has 2 aromatic heterocycles. The molecular weight excluding hydrogens is 504 g/mol. The monoisotopic (exact) mass is 531 g/mol. The molecule has 196 valence electrons. The van der Waals surface area contributed by atoms with Gasteiger partial charge in [0.05, 0.1) is 31.6 Å². The third-order valence-electron chi connectivity index (χ3n) is 5.64. The van der Waals surface area contributed by atoms with E-state index in [1.165, 1.54) is 18.9 Å². The van der Waals surface area contributed by atoms with Gasteiger partial charge in [0.1, 0.15) is 0 Å². The predicted molar refractivity (Wildman–Crippen MR) is 136 cm³/mol. The van der Waals surface area contributed by atoms with E-state index >= 15 is 0 Å². The zero-order chi connectivity index (χ0) is 26.6. The highest BCUT2D eigenvalue weighted by atomic mass is 32.2. The van der Waals surface area contributed by atoms with Crippen LogP contribution in [0.2, 0.25) is 0 Å². The van der Waals surface area contributed by atoms with Crippen LogP contribution in [0.15, 0.2) is 61.2 Å². The first-order chi connectivity index (χ1) is 17.4. The summed E-state index contributed by atoms with van der Waals surface area (Å²) < 4.78 is 53.8. The molecule has 1 aromatic carbocycles.